The lowest BCUT2D eigenvalue weighted by Gasteiger charge is -2.19. The van der Waals surface area contributed by atoms with Crippen molar-refractivity contribution < 1.29 is 9.53 Å². The Kier molecular flexibility index (Phi) is 2.36. The van der Waals surface area contributed by atoms with Crippen molar-refractivity contribution in [1.82, 2.24) is 5.32 Å². The maximum atomic E-state index is 11.4. The van der Waals surface area contributed by atoms with Gasteiger partial charge in [-0.05, 0) is 31.7 Å². The Morgan fingerprint density at radius 1 is 1.54 bits per heavy atom. The highest BCUT2D eigenvalue weighted by atomic mass is 16.5. The summed E-state index contributed by atoms with van der Waals surface area (Å²) in [5, 5.41) is 3.20. The predicted molar refractivity (Wildman–Crippen MR) is 49.3 cm³/mol. The molecule has 0 atom stereocenters. The van der Waals surface area contributed by atoms with E-state index in [-0.39, 0.29) is 5.97 Å². The number of hydrogen-bond donors (Lipinski definition) is 1. The summed E-state index contributed by atoms with van der Waals surface area (Å²) in [7, 11) is 1.45. The molecule has 72 valence electrons. The van der Waals surface area contributed by atoms with Crippen LogP contribution in [0.15, 0.2) is 11.1 Å². The van der Waals surface area contributed by atoms with Gasteiger partial charge in [0.1, 0.15) is 0 Å². The average Bonchev–Trinajstić information content (AvgIpc) is 3.00. The van der Waals surface area contributed by atoms with E-state index in [9.17, 15) is 4.79 Å². The molecule has 0 aromatic carbocycles. The second-order valence-electron chi connectivity index (χ2n) is 3.70. The largest absolute Gasteiger partial charge is 0.466 e. The third-order valence-corrected chi connectivity index (χ3v) is 2.76. The normalized spacial score (nSPS) is 23.2. The number of carbonyl (C=O) groups excluding carboxylic acids is 1. The van der Waals surface area contributed by atoms with Gasteiger partial charge in [0, 0.05) is 6.54 Å². The van der Waals surface area contributed by atoms with Crippen molar-refractivity contribution in [2.24, 2.45) is 5.92 Å². The second kappa shape index (κ2) is 3.50. The van der Waals surface area contributed by atoms with Gasteiger partial charge < -0.3 is 10.1 Å². The molecule has 2 aliphatic rings. The lowest BCUT2D eigenvalue weighted by atomic mass is 9.97. The van der Waals surface area contributed by atoms with Gasteiger partial charge in [-0.3, -0.25) is 0 Å². The summed E-state index contributed by atoms with van der Waals surface area (Å²) in [5.41, 5.74) is 2.24. The molecule has 13 heavy (non-hydrogen) atoms. The Morgan fingerprint density at radius 2 is 2.31 bits per heavy atom. The summed E-state index contributed by atoms with van der Waals surface area (Å²) in [4.78, 5) is 11.4. The van der Waals surface area contributed by atoms with E-state index in [2.05, 4.69) is 5.32 Å². The molecule has 1 fully saturated rings. The van der Waals surface area contributed by atoms with Crippen molar-refractivity contribution in [2.45, 2.75) is 19.3 Å². The van der Waals surface area contributed by atoms with E-state index in [1.807, 2.05) is 0 Å². The molecule has 0 radical (unpaired) electrons. The first kappa shape index (κ1) is 8.75. The zero-order valence-electron chi connectivity index (χ0n) is 7.93. The Labute approximate surface area is 78.1 Å². The van der Waals surface area contributed by atoms with Crippen molar-refractivity contribution in [3.05, 3.63) is 11.1 Å². The molecule has 0 aromatic rings. The molecule has 0 amide bonds. The smallest absolute Gasteiger partial charge is 0.335 e. The van der Waals surface area contributed by atoms with E-state index in [0.29, 0.717) is 12.5 Å². The van der Waals surface area contributed by atoms with Crippen LogP contribution in [0.3, 0.4) is 0 Å². The molecule has 0 spiro atoms. The molecular weight excluding hydrogens is 166 g/mol. The third-order valence-electron chi connectivity index (χ3n) is 2.76. The minimum absolute atomic E-state index is 0.144. The van der Waals surface area contributed by atoms with Crippen LogP contribution in [0.5, 0.6) is 0 Å². The van der Waals surface area contributed by atoms with Crippen molar-refractivity contribution in [2.75, 3.05) is 20.2 Å². The molecule has 3 nitrogen and oxygen atoms in total. The van der Waals surface area contributed by atoms with Crippen LogP contribution in [0.25, 0.3) is 0 Å². The van der Waals surface area contributed by atoms with Gasteiger partial charge in [-0.2, -0.15) is 0 Å². The molecule has 0 saturated heterocycles. The summed E-state index contributed by atoms with van der Waals surface area (Å²) in [6.07, 6.45) is 3.54. The average molecular weight is 181 g/mol. The van der Waals surface area contributed by atoms with E-state index < -0.39 is 0 Å². The van der Waals surface area contributed by atoms with Crippen LogP contribution in [0.2, 0.25) is 0 Å². The van der Waals surface area contributed by atoms with Crippen LogP contribution >= 0.6 is 0 Å². The van der Waals surface area contributed by atoms with E-state index in [0.717, 1.165) is 18.5 Å². The minimum Gasteiger partial charge on any atom is -0.466 e. The molecule has 1 aliphatic heterocycles. The van der Waals surface area contributed by atoms with Crippen molar-refractivity contribution >= 4 is 5.97 Å². The van der Waals surface area contributed by atoms with Gasteiger partial charge >= 0.3 is 5.97 Å². The predicted octanol–water partition coefficient (Wildman–Crippen LogP) is 0.859. The fraction of sp³-hybridized carbons (Fsp3) is 0.700. The van der Waals surface area contributed by atoms with Crippen LogP contribution in [0, 0.1) is 5.92 Å². The monoisotopic (exact) mass is 181 g/mol. The van der Waals surface area contributed by atoms with Crippen LogP contribution in [-0.2, 0) is 9.53 Å². The summed E-state index contributed by atoms with van der Waals surface area (Å²) in [5.74, 6) is 0.547. The summed E-state index contributed by atoms with van der Waals surface area (Å²) < 4.78 is 4.76. The molecule has 0 bridgehead atoms. The molecule has 1 heterocycles. The molecule has 1 saturated carbocycles. The number of esters is 1. The SMILES string of the molecule is COC(=O)C1=C(C2CC2)CCNC1. The number of hydrogen-bond acceptors (Lipinski definition) is 3. The lowest BCUT2D eigenvalue weighted by Crippen LogP contribution is -2.29. The second-order valence-corrected chi connectivity index (χ2v) is 3.70. The van der Waals surface area contributed by atoms with Gasteiger partial charge in [-0.15, -0.1) is 0 Å². The fourth-order valence-corrected chi connectivity index (χ4v) is 1.91. The summed E-state index contributed by atoms with van der Waals surface area (Å²) in [6.45, 7) is 1.70. The maximum Gasteiger partial charge on any atom is 0.335 e. The maximum absolute atomic E-state index is 11.4. The van der Waals surface area contributed by atoms with E-state index in [1.165, 1.54) is 25.5 Å². The van der Waals surface area contributed by atoms with Crippen LogP contribution in [0.4, 0.5) is 0 Å². The highest BCUT2D eigenvalue weighted by molar-refractivity contribution is 5.90. The quantitative estimate of drug-likeness (QED) is 0.642. The van der Waals surface area contributed by atoms with E-state index in [1.54, 1.807) is 0 Å². The number of ether oxygens (including phenoxy) is 1. The molecule has 1 aliphatic carbocycles. The summed E-state index contributed by atoms with van der Waals surface area (Å²) in [6, 6.07) is 0. The standard InChI is InChI=1S/C10H15NO2/c1-13-10(12)9-6-11-5-4-8(9)7-2-3-7/h7,11H,2-6H2,1H3. The first-order valence-corrected chi connectivity index (χ1v) is 4.84. The Balaban J connectivity index is 2.20. The van der Waals surface area contributed by atoms with Gasteiger partial charge in [0.2, 0.25) is 0 Å². The summed E-state index contributed by atoms with van der Waals surface area (Å²) >= 11 is 0. The molecule has 2 rings (SSSR count). The zero-order valence-corrected chi connectivity index (χ0v) is 7.93. The van der Waals surface area contributed by atoms with E-state index >= 15 is 0 Å². The third kappa shape index (κ3) is 1.75. The molecular formula is C10H15NO2. The van der Waals surface area contributed by atoms with Crippen molar-refractivity contribution in [3.63, 3.8) is 0 Å². The number of rotatable bonds is 2. The van der Waals surface area contributed by atoms with Crippen LogP contribution < -0.4 is 5.32 Å². The van der Waals surface area contributed by atoms with Gasteiger partial charge in [0.05, 0.1) is 12.7 Å². The number of nitrogens with one attached hydrogen (secondary N) is 1. The van der Waals surface area contributed by atoms with Crippen molar-refractivity contribution in [1.29, 1.82) is 0 Å². The van der Waals surface area contributed by atoms with Crippen LogP contribution in [0.1, 0.15) is 19.3 Å². The molecule has 0 aromatic heterocycles. The molecule has 0 unspecified atom stereocenters. The van der Waals surface area contributed by atoms with E-state index in [4.69, 9.17) is 4.74 Å². The minimum atomic E-state index is -0.144. The zero-order chi connectivity index (χ0) is 9.26. The lowest BCUT2D eigenvalue weighted by molar-refractivity contribution is -0.136. The Bertz CT molecular complexity index is 254. The first-order valence-electron chi connectivity index (χ1n) is 4.84. The van der Waals surface area contributed by atoms with Crippen LogP contribution in [-0.4, -0.2) is 26.2 Å². The Hall–Kier alpha value is -0.830. The highest BCUT2D eigenvalue weighted by Crippen LogP contribution is 2.40. The number of carbonyl (C=O) groups is 1. The molecule has 3 heteroatoms. The van der Waals surface area contributed by atoms with Gasteiger partial charge in [-0.25, -0.2) is 4.79 Å². The fourth-order valence-electron chi connectivity index (χ4n) is 1.91. The molecule has 1 N–H and O–H groups in total. The van der Waals surface area contributed by atoms with Gasteiger partial charge in [-0.1, -0.05) is 5.57 Å². The number of methoxy groups -OCH3 is 1. The van der Waals surface area contributed by atoms with Crippen molar-refractivity contribution in [3.8, 4) is 0 Å². The first-order chi connectivity index (χ1) is 6.33. The van der Waals surface area contributed by atoms with Gasteiger partial charge in [0.15, 0.2) is 0 Å². The highest BCUT2D eigenvalue weighted by Gasteiger charge is 2.31. The van der Waals surface area contributed by atoms with Gasteiger partial charge in [0.25, 0.3) is 0 Å². The topological polar surface area (TPSA) is 38.3 Å². The Morgan fingerprint density at radius 3 is 2.92 bits per heavy atom.